The maximum absolute atomic E-state index is 2.71. The molecule has 288 valence electrons. The fourth-order valence-electron chi connectivity index (χ4n) is 15.8. The van der Waals surface area contributed by atoms with Crippen LogP contribution in [0.2, 0.25) is 0 Å². The van der Waals surface area contributed by atoms with Crippen LogP contribution in [-0.2, 0) is 10.8 Å². The van der Waals surface area contributed by atoms with Crippen LogP contribution in [0.25, 0.3) is 33.4 Å². The molecule has 6 saturated carbocycles. The van der Waals surface area contributed by atoms with Crippen LogP contribution in [0.5, 0.6) is 0 Å². The predicted octanol–water partition coefficient (Wildman–Crippen LogP) is 15.0. The second-order valence-corrected chi connectivity index (χ2v) is 19.9. The van der Waals surface area contributed by atoms with E-state index in [1.807, 2.05) is 0 Å². The molecule has 1 heteroatoms. The van der Waals surface area contributed by atoms with Crippen LogP contribution in [0.15, 0.2) is 140 Å². The van der Waals surface area contributed by atoms with Crippen molar-refractivity contribution >= 4 is 17.1 Å². The van der Waals surface area contributed by atoms with Crippen LogP contribution in [0.3, 0.4) is 0 Å². The van der Waals surface area contributed by atoms with E-state index in [2.05, 4.69) is 151 Å². The Morgan fingerprint density at radius 2 is 1.05 bits per heavy atom. The van der Waals surface area contributed by atoms with Crippen LogP contribution in [0, 0.1) is 41.4 Å². The van der Waals surface area contributed by atoms with Gasteiger partial charge in [0.15, 0.2) is 0 Å². The lowest BCUT2D eigenvalue weighted by Gasteiger charge is -2.61. The van der Waals surface area contributed by atoms with Crippen LogP contribution >= 0.6 is 0 Å². The third-order valence-corrected chi connectivity index (χ3v) is 17.6. The predicted molar refractivity (Wildman–Crippen MR) is 240 cm³/mol. The second kappa shape index (κ2) is 12.6. The SMILES string of the molecule is CCC1CC2CCCC(C1)C21c2ccccc2-c2c(N(c3cccc(-c4ccccc4)c3)c3ccc4c(c3)C3(c5ccccc5-4)C4CC5CC(C4)CC3C5)cccc21. The Kier molecular flexibility index (Phi) is 7.37. The van der Waals surface area contributed by atoms with Crippen molar-refractivity contribution in [2.24, 2.45) is 41.4 Å². The Balaban J connectivity index is 1.06. The number of hydrogen-bond donors (Lipinski definition) is 0. The smallest absolute Gasteiger partial charge is 0.0543 e. The zero-order valence-corrected chi connectivity index (χ0v) is 34.0. The molecule has 0 N–H and O–H groups in total. The first-order chi connectivity index (χ1) is 28.7. The molecule has 0 aliphatic heterocycles. The molecule has 6 fully saturated rings. The van der Waals surface area contributed by atoms with Gasteiger partial charge in [-0.3, -0.25) is 0 Å². The Morgan fingerprint density at radius 1 is 0.466 bits per heavy atom. The Bertz CT molecular complexity index is 2550. The fraction of sp³-hybridized carbons (Fsp3) is 0.368. The van der Waals surface area contributed by atoms with Crippen molar-refractivity contribution in [1.29, 1.82) is 0 Å². The summed E-state index contributed by atoms with van der Waals surface area (Å²) in [6.45, 7) is 2.44. The van der Waals surface area contributed by atoms with Crippen LogP contribution in [0.1, 0.15) is 99.8 Å². The first kappa shape index (κ1) is 34.0. The maximum Gasteiger partial charge on any atom is 0.0543 e. The number of fused-ring (bicyclic) bond motifs is 6. The highest BCUT2D eigenvalue weighted by atomic mass is 15.1. The average molecular weight is 754 g/mol. The van der Waals surface area contributed by atoms with E-state index < -0.39 is 0 Å². The minimum atomic E-state index is 0.105. The van der Waals surface area contributed by atoms with Gasteiger partial charge >= 0.3 is 0 Å². The summed E-state index contributed by atoms with van der Waals surface area (Å²) < 4.78 is 0. The van der Waals surface area contributed by atoms with Gasteiger partial charge in [0.25, 0.3) is 0 Å². The first-order valence-corrected chi connectivity index (χ1v) is 23.1. The van der Waals surface area contributed by atoms with Crippen molar-refractivity contribution in [2.45, 2.75) is 88.4 Å². The standard InChI is InChI=1S/C57H55N/c1-2-36-28-41-16-11-17-42(29-36)56(41)51-22-9-7-20-49(51)55-52(56)23-12-24-54(55)58(45-18-10-15-40(34-45)39-13-4-3-5-14-39)46-25-26-48-47-19-6-8-21-50(47)57(53(48)35-46)43-30-37-27-38(32-43)33-44(57)31-37/h3-10,12-15,18-26,34-38,41-44H,2,11,16-17,27-33H2,1H3. The molecule has 2 atom stereocenters. The third-order valence-electron chi connectivity index (χ3n) is 17.6. The lowest BCUT2D eigenvalue weighted by molar-refractivity contribution is -0.0399. The van der Waals surface area contributed by atoms with Crippen molar-refractivity contribution < 1.29 is 0 Å². The molecule has 2 unspecified atom stereocenters. The summed E-state index contributed by atoms with van der Waals surface area (Å²) in [5, 5.41) is 0. The summed E-state index contributed by atoms with van der Waals surface area (Å²) >= 11 is 0. The average Bonchev–Trinajstić information content (AvgIpc) is 3.71. The minimum absolute atomic E-state index is 0.105. The summed E-state index contributed by atoms with van der Waals surface area (Å²) in [6.07, 6.45) is 15.2. The maximum atomic E-state index is 2.71. The summed E-state index contributed by atoms with van der Waals surface area (Å²) in [6, 6.07) is 54.9. The second-order valence-electron chi connectivity index (χ2n) is 19.9. The lowest BCUT2D eigenvalue weighted by Crippen LogP contribution is -2.55. The summed E-state index contributed by atoms with van der Waals surface area (Å²) in [5.41, 5.74) is 19.1. The van der Waals surface area contributed by atoms with E-state index in [1.165, 1.54) is 121 Å². The summed E-state index contributed by atoms with van der Waals surface area (Å²) in [5.74, 6) is 5.58. The quantitative estimate of drug-likeness (QED) is 0.169. The molecule has 0 aromatic heterocycles. The molecule has 0 amide bonds. The molecule has 8 aliphatic carbocycles. The van der Waals surface area contributed by atoms with Gasteiger partial charge in [-0.1, -0.05) is 129 Å². The number of benzene rings is 6. The van der Waals surface area contributed by atoms with Crippen LogP contribution in [-0.4, -0.2) is 0 Å². The molecule has 6 bridgehead atoms. The van der Waals surface area contributed by atoms with E-state index in [9.17, 15) is 0 Å². The summed E-state index contributed by atoms with van der Waals surface area (Å²) in [4.78, 5) is 2.70. The van der Waals surface area contributed by atoms with Crippen LogP contribution in [0.4, 0.5) is 17.1 Å². The van der Waals surface area contributed by atoms with E-state index in [-0.39, 0.29) is 10.8 Å². The zero-order chi connectivity index (χ0) is 38.2. The molecule has 2 spiro atoms. The van der Waals surface area contributed by atoms with E-state index in [0.717, 1.165) is 29.6 Å². The van der Waals surface area contributed by atoms with Gasteiger partial charge in [0.1, 0.15) is 0 Å². The normalized spacial score (nSPS) is 31.6. The summed E-state index contributed by atoms with van der Waals surface area (Å²) in [7, 11) is 0. The topological polar surface area (TPSA) is 3.24 Å². The highest BCUT2D eigenvalue weighted by Crippen LogP contribution is 2.71. The molecule has 8 aliphatic rings. The Labute approximate surface area is 345 Å². The number of nitrogens with zero attached hydrogens (tertiary/aromatic N) is 1. The van der Waals surface area contributed by atoms with Crippen molar-refractivity contribution in [3.8, 4) is 33.4 Å². The number of anilines is 3. The van der Waals surface area contributed by atoms with E-state index in [4.69, 9.17) is 0 Å². The molecule has 14 rings (SSSR count). The molecule has 1 nitrogen and oxygen atoms in total. The van der Waals surface area contributed by atoms with Gasteiger partial charge < -0.3 is 4.90 Å². The van der Waals surface area contributed by atoms with E-state index in [1.54, 1.807) is 22.3 Å². The van der Waals surface area contributed by atoms with Crippen molar-refractivity contribution in [1.82, 2.24) is 0 Å². The molecule has 6 aromatic carbocycles. The van der Waals surface area contributed by atoms with Gasteiger partial charge in [0.2, 0.25) is 0 Å². The van der Waals surface area contributed by atoms with Gasteiger partial charge in [-0.2, -0.15) is 0 Å². The minimum Gasteiger partial charge on any atom is -0.310 e. The first-order valence-electron chi connectivity index (χ1n) is 23.1. The molecule has 0 radical (unpaired) electrons. The Hall–Kier alpha value is -4.88. The monoisotopic (exact) mass is 753 g/mol. The molecular weight excluding hydrogens is 699 g/mol. The fourth-order valence-corrected chi connectivity index (χ4v) is 15.8. The third kappa shape index (κ3) is 4.44. The molecule has 0 heterocycles. The van der Waals surface area contributed by atoms with Crippen molar-refractivity contribution in [3.05, 3.63) is 162 Å². The van der Waals surface area contributed by atoms with Crippen molar-refractivity contribution in [3.63, 3.8) is 0 Å². The van der Waals surface area contributed by atoms with Gasteiger partial charge in [-0.15, -0.1) is 0 Å². The molecular formula is C57H55N. The number of hydrogen-bond acceptors (Lipinski definition) is 1. The van der Waals surface area contributed by atoms with Crippen molar-refractivity contribution in [2.75, 3.05) is 4.90 Å². The van der Waals surface area contributed by atoms with Gasteiger partial charge in [0, 0.05) is 27.8 Å². The van der Waals surface area contributed by atoms with Gasteiger partial charge in [0.05, 0.1) is 5.69 Å². The number of rotatable bonds is 5. The van der Waals surface area contributed by atoms with E-state index >= 15 is 0 Å². The van der Waals surface area contributed by atoms with Gasteiger partial charge in [-0.25, -0.2) is 0 Å². The largest absolute Gasteiger partial charge is 0.310 e. The highest BCUT2D eigenvalue weighted by molar-refractivity contribution is 5.97. The van der Waals surface area contributed by atoms with Gasteiger partial charge in [-0.05, 0) is 180 Å². The lowest BCUT2D eigenvalue weighted by atomic mass is 9.43. The molecule has 6 aromatic rings. The molecule has 58 heavy (non-hydrogen) atoms. The Morgan fingerprint density at radius 3 is 1.79 bits per heavy atom. The van der Waals surface area contributed by atoms with Crippen LogP contribution < -0.4 is 4.90 Å². The molecule has 0 saturated heterocycles. The van der Waals surface area contributed by atoms with E-state index in [0.29, 0.717) is 11.8 Å². The zero-order valence-electron chi connectivity index (χ0n) is 34.0. The highest BCUT2D eigenvalue weighted by Gasteiger charge is 2.62.